The molecule has 0 aromatic carbocycles. The largest absolute Gasteiger partial charge is 0.469 e. The van der Waals surface area contributed by atoms with Crippen molar-refractivity contribution in [3.05, 3.63) is 23.0 Å². The third kappa shape index (κ3) is 4.99. The molecular weight excluding hydrogens is 236 g/mol. The molecule has 0 amide bonds. The van der Waals surface area contributed by atoms with Crippen LogP contribution in [0, 0.1) is 0 Å². The van der Waals surface area contributed by atoms with Gasteiger partial charge in [-0.3, -0.25) is 4.79 Å². The number of halogens is 1. The number of ether oxygens (including phenoxy) is 1. The normalized spacial score (nSPS) is 10.0. The molecule has 4 nitrogen and oxygen atoms in total. The Morgan fingerprint density at radius 3 is 2.93 bits per heavy atom. The lowest BCUT2D eigenvalue weighted by molar-refractivity contribution is -0.140. The topological polar surface area (TPSA) is 52.1 Å². The van der Waals surface area contributed by atoms with Gasteiger partial charge in [-0.15, -0.1) is 5.10 Å². The van der Waals surface area contributed by atoms with Gasteiger partial charge in [-0.1, -0.05) is 11.6 Å². The average Bonchev–Trinajstić information content (AvgIpc) is 2.26. The Bertz CT molecular complexity index is 318. The molecule has 6 heteroatoms. The van der Waals surface area contributed by atoms with Crippen molar-refractivity contribution in [2.24, 2.45) is 0 Å². The van der Waals surface area contributed by atoms with Crippen LogP contribution in [-0.2, 0) is 15.3 Å². The van der Waals surface area contributed by atoms with Crippen LogP contribution in [0.15, 0.2) is 12.1 Å². The molecule has 0 spiro atoms. The number of hydrogen-bond donors (Lipinski definition) is 0. The van der Waals surface area contributed by atoms with E-state index in [1.807, 2.05) is 6.07 Å². The second-order valence-electron chi connectivity index (χ2n) is 2.73. The van der Waals surface area contributed by atoms with E-state index < -0.39 is 0 Å². The van der Waals surface area contributed by atoms with Crippen molar-refractivity contribution in [2.45, 2.75) is 12.2 Å². The van der Waals surface area contributed by atoms with Crippen molar-refractivity contribution in [2.75, 3.05) is 12.9 Å². The van der Waals surface area contributed by atoms with E-state index in [2.05, 4.69) is 14.9 Å². The summed E-state index contributed by atoms with van der Waals surface area (Å²) in [6.45, 7) is 0. The van der Waals surface area contributed by atoms with Crippen LogP contribution >= 0.6 is 23.4 Å². The van der Waals surface area contributed by atoms with Gasteiger partial charge in [0.1, 0.15) is 0 Å². The SMILES string of the molecule is COC(=O)CCSCc1ccc(Cl)nn1. The highest BCUT2D eigenvalue weighted by Crippen LogP contribution is 2.12. The fourth-order valence-corrected chi connectivity index (χ4v) is 1.77. The number of thioether (sulfide) groups is 1. The maximum atomic E-state index is 10.8. The van der Waals surface area contributed by atoms with Crippen LogP contribution < -0.4 is 0 Å². The summed E-state index contributed by atoms with van der Waals surface area (Å²) in [6, 6.07) is 3.52. The molecular formula is C9H11ClN2O2S. The zero-order valence-electron chi connectivity index (χ0n) is 8.27. The Morgan fingerprint density at radius 1 is 1.53 bits per heavy atom. The number of methoxy groups -OCH3 is 1. The summed E-state index contributed by atoms with van der Waals surface area (Å²) in [4.78, 5) is 10.8. The zero-order valence-corrected chi connectivity index (χ0v) is 9.85. The number of esters is 1. The number of hydrogen-bond acceptors (Lipinski definition) is 5. The summed E-state index contributed by atoms with van der Waals surface area (Å²) in [5, 5.41) is 8.00. The second-order valence-corrected chi connectivity index (χ2v) is 4.22. The van der Waals surface area contributed by atoms with Gasteiger partial charge in [0.15, 0.2) is 5.15 Å². The number of aromatic nitrogens is 2. The predicted molar refractivity (Wildman–Crippen MR) is 59.8 cm³/mol. The molecule has 0 radical (unpaired) electrons. The van der Waals surface area contributed by atoms with Crippen LogP contribution in [0.1, 0.15) is 12.1 Å². The van der Waals surface area contributed by atoms with Crippen molar-refractivity contribution in [3.63, 3.8) is 0 Å². The quantitative estimate of drug-likeness (QED) is 0.587. The fourth-order valence-electron chi connectivity index (χ4n) is 0.855. The fraction of sp³-hybridized carbons (Fsp3) is 0.444. The van der Waals surface area contributed by atoms with Crippen molar-refractivity contribution in [3.8, 4) is 0 Å². The lowest BCUT2D eigenvalue weighted by Crippen LogP contribution is -2.01. The Balaban J connectivity index is 2.20. The molecule has 0 aliphatic heterocycles. The van der Waals surface area contributed by atoms with E-state index in [1.165, 1.54) is 7.11 Å². The summed E-state index contributed by atoms with van der Waals surface area (Å²) in [5.74, 6) is 1.25. The lowest BCUT2D eigenvalue weighted by Gasteiger charge is -2.00. The van der Waals surface area contributed by atoms with Crippen molar-refractivity contribution < 1.29 is 9.53 Å². The van der Waals surface area contributed by atoms with Gasteiger partial charge >= 0.3 is 5.97 Å². The second kappa shape index (κ2) is 6.63. The molecule has 0 bridgehead atoms. The van der Waals surface area contributed by atoms with Gasteiger partial charge < -0.3 is 4.74 Å². The van der Waals surface area contributed by atoms with E-state index in [0.717, 1.165) is 17.2 Å². The van der Waals surface area contributed by atoms with E-state index in [0.29, 0.717) is 11.6 Å². The molecule has 0 atom stereocenters. The van der Waals surface area contributed by atoms with E-state index >= 15 is 0 Å². The molecule has 1 aromatic rings. The maximum absolute atomic E-state index is 10.8. The molecule has 1 aromatic heterocycles. The minimum atomic E-state index is -0.190. The Hall–Kier alpha value is -0.810. The molecule has 1 heterocycles. The van der Waals surface area contributed by atoms with E-state index in [4.69, 9.17) is 11.6 Å². The molecule has 0 unspecified atom stereocenters. The molecule has 82 valence electrons. The summed E-state index contributed by atoms with van der Waals surface area (Å²) < 4.78 is 4.52. The van der Waals surface area contributed by atoms with E-state index in [-0.39, 0.29) is 5.97 Å². The average molecular weight is 247 g/mol. The summed E-state index contributed by atoms with van der Waals surface area (Å²) in [7, 11) is 1.39. The number of nitrogens with zero attached hydrogens (tertiary/aromatic N) is 2. The maximum Gasteiger partial charge on any atom is 0.306 e. The Kier molecular flexibility index (Phi) is 5.42. The minimum absolute atomic E-state index is 0.190. The Morgan fingerprint density at radius 2 is 2.33 bits per heavy atom. The van der Waals surface area contributed by atoms with Crippen LogP contribution in [0.2, 0.25) is 5.15 Å². The number of carbonyl (C=O) groups is 1. The standard InChI is InChI=1S/C9H11ClN2O2S/c1-14-9(13)4-5-15-6-7-2-3-8(10)12-11-7/h2-3H,4-6H2,1H3. The van der Waals surface area contributed by atoms with Crippen LogP contribution in [-0.4, -0.2) is 29.0 Å². The highest BCUT2D eigenvalue weighted by molar-refractivity contribution is 7.98. The summed E-state index contributed by atoms with van der Waals surface area (Å²) >= 11 is 7.20. The molecule has 0 aliphatic rings. The van der Waals surface area contributed by atoms with Gasteiger partial charge in [0.25, 0.3) is 0 Å². The summed E-state index contributed by atoms with van der Waals surface area (Å²) in [5.41, 5.74) is 0.856. The third-order valence-electron chi connectivity index (χ3n) is 1.62. The van der Waals surface area contributed by atoms with Gasteiger partial charge in [-0.2, -0.15) is 16.9 Å². The molecule has 0 aliphatic carbocycles. The van der Waals surface area contributed by atoms with Crippen LogP contribution in [0.3, 0.4) is 0 Å². The number of carbonyl (C=O) groups excluding carboxylic acids is 1. The molecule has 1 rings (SSSR count). The van der Waals surface area contributed by atoms with Crippen LogP contribution in [0.4, 0.5) is 0 Å². The molecule has 0 fully saturated rings. The lowest BCUT2D eigenvalue weighted by atomic mass is 10.4. The van der Waals surface area contributed by atoms with Gasteiger partial charge in [-0.05, 0) is 12.1 Å². The monoisotopic (exact) mass is 246 g/mol. The number of rotatable bonds is 5. The zero-order chi connectivity index (χ0) is 11.1. The molecule has 0 saturated heterocycles. The van der Waals surface area contributed by atoms with Crippen LogP contribution in [0.25, 0.3) is 0 Å². The first-order chi connectivity index (χ1) is 7.22. The van der Waals surface area contributed by atoms with Gasteiger partial charge in [0.05, 0.1) is 19.2 Å². The molecule has 0 saturated carbocycles. The first kappa shape index (κ1) is 12.3. The molecule has 15 heavy (non-hydrogen) atoms. The molecule has 0 N–H and O–H groups in total. The highest BCUT2D eigenvalue weighted by atomic mass is 35.5. The third-order valence-corrected chi connectivity index (χ3v) is 2.81. The van der Waals surface area contributed by atoms with Crippen LogP contribution in [0.5, 0.6) is 0 Å². The van der Waals surface area contributed by atoms with E-state index in [1.54, 1.807) is 17.8 Å². The van der Waals surface area contributed by atoms with Crippen molar-refractivity contribution in [1.82, 2.24) is 10.2 Å². The highest BCUT2D eigenvalue weighted by Gasteiger charge is 2.01. The first-order valence-corrected chi connectivity index (χ1v) is 5.88. The van der Waals surface area contributed by atoms with Crippen molar-refractivity contribution >= 4 is 29.3 Å². The smallest absolute Gasteiger partial charge is 0.306 e. The minimum Gasteiger partial charge on any atom is -0.469 e. The van der Waals surface area contributed by atoms with Gasteiger partial charge in [0.2, 0.25) is 0 Å². The van der Waals surface area contributed by atoms with Gasteiger partial charge in [0, 0.05) is 11.5 Å². The van der Waals surface area contributed by atoms with E-state index in [9.17, 15) is 4.79 Å². The van der Waals surface area contributed by atoms with Crippen molar-refractivity contribution in [1.29, 1.82) is 0 Å². The first-order valence-electron chi connectivity index (χ1n) is 4.35. The Labute approximate surface area is 97.4 Å². The van der Waals surface area contributed by atoms with Gasteiger partial charge in [-0.25, -0.2) is 0 Å². The predicted octanol–water partition coefficient (Wildman–Crippen LogP) is 1.93. The summed E-state index contributed by atoms with van der Waals surface area (Å²) in [6.07, 6.45) is 0.419.